The highest BCUT2D eigenvalue weighted by Crippen LogP contribution is 2.21. The van der Waals surface area contributed by atoms with E-state index in [4.69, 9.17) is 5.73 Å². The van der Waals surface area contributed by atoms with Gasteiger partial charge in [-0.1, -0.05) is 18.2 Å². The highest BCUT2D eigenvalue weighted by atomic mass is 35.5. The lowest BCUT2D eigenvalue weighted by atomic mass is 10.1. The number of hydrogen-bond donors (Lipinski definition) is 2. The second kappa shape index (κ2) is 5.34. The molecule has 0 aliphatic heterocycles. The van der Waals surface area contributed by atoms with Crippen molar-refractivity contribution in [2.45, 2.75) is 13.0 Å². The molecule has 0 radical (unpaired) electrons. The number of benzene rings is 1. The minimum atomic E-state index is -3.24. The molecular weight excluding hydrogens is 236 g/mol. The van der Waals surface area contributed by atoms with E-state index in [1.165, 1.54) is 0 Å². The molecule has 0 spiro atoms. The lowest BCUT2D eigenvalue weighted by Crippen LogP contribution is -2.14. The molecule has 3 N–H and O–H groups in total. The average molecular weight is 251 g/mol. The van der Waals surface area contributed by atoms with Gasteiger partial charge in [0.15, 0.2) is 0 Å². The number of anilines is 1. The van der Waals surface area contributed by atoms with Crippen molar-refractivity contribution < 1.29 is 8.42 Å². The van der Waals surface area contributed by atoms with Gasteiger partial charge >= 0.3 is 0 Å². The molecular formula is C9H15ClN2O2S. The van der Waals surface area contributed by atoms with E-state index < -0.39 is 10.0 Å². The van der Waals surface area contributed by atoms with Crippen molar-refractivity contribution in [1.29, 1.82) is 0 Å². The summed E-state index contributed by atoms with van der Waals surface area (Å²) in [5.41, 5.74) is 7.03. The van der Waals surface area contributed by atoms with E-state index in [2.05, 4.69) is 4.72 Å². The van der Waals surface area contributed by atoms with E-state index in [1.54, 1.807) is 18.2 Å². The molecule has 15 heavy (non-hydrogen) atoms. The summed E-state index contributed by atoms with van der Waals surface area (Å²) in [4.78, 5) is 0. The molecule has 0 aliphatic carbocycles. The summed E-state index contributed by atoms with van der Waals surface area (Å²) < 4.78 is 24.5. The standard InChI is InChI=1S/C9H14N2O2S.ClH/c1-7(10)8-5-3-4-6-9(8)11-14(2,12)13;/h3-7,11H,10H2,1-2H3;1H. The van der Waals surface area contributed by atoms with Crippen LogP contribution in [-0.4, -0.2) is 14.7 Å². The van der Waals surface area contributed by atoms with Crippen molar-refractivity contribution in [3.05, 3.63) is 29.8 Å². The third-order valence-electron chi connectivity index (χ3n) is 1.75. The Morgan fingerprint density at radius 2 is 1.87 bits per heavy atom. The molecule has 1 atom stereocenters. The van der Waals surface area contributed by atoms with Gasteiger partial charge < -0.3 is 5.73 Å². The summed E-state index contributed by atoms with van der Waals surface area (Å²) in [6.45, 7) is 1.81. The monoisotopic (exact) mass is 250 g/mol. The smallest absolute Gasteiger partial charge is 0.229 e. The summed E-state index contributed by atoms with van der Waals surface area (Å²) in [7, 11) is -3.24. The van der Waals surface area contributed by atoms with Crippen molar-refractivity contribution in [2.75, 3.05) is 11.0 Å². The predicted molar refractivity (Wildman–Crippen MR) is 64.8 cm³/mol. The van der Waals surface area contributed by atoms with Gasteiger partial charge in [0.05, 0.1) is 11.9 Å². The van der Waals surface area contributed by atoms with Crippen LogP contribution in [0.15, 0.2) is 24.3 Å². The van der Waals surface area contributed by atoms with Crippen LogP contribution in [0.4, 0.5) is 5.69 Å². The Morgan fingerprint density at radius 1 is 1.33 bits per heavy atom. The zero-order chi connectivity index (χ0) is 10.8. The number of hydrogen-bond acceptors (Lipinski definition) is 3. The summed E-state index contributed by atoms with van der Waals surface area (Å²) >= 11 is 0. The normalized spacial score (nSPS) is 12.7. The first kappa shape index (κ1) is 14.2. The van der Waals surface area contributed by atoms with E-state index >= 15 is 0 Å². The van der Waals surface area contributed by atoms with Crippen LogP contribution in [0.2, 0.25) is 0 Å². The van der Waals surface area contributed by atoms with Crippen molar-refractivity contribution in [2.24, 2.45) is 5.73 Å². The van der Waals surface area contributed by atoms with Gasteiger partial charge in [0.2, 0.25) is 10.0 Å². The quantitative estimate of drug-likeness (QED) is 0.854. The number of nitrogens with two attached hydrogens (primary N) is 1. The van der Waals surface area contributed by atoms with Gasteiger partial charge in [-0.25, -0.2) is 8.42 Å². The van der Waals surface area contributed by atoms with Gasteiger partial charge in [-0.2, -0.15) is 0 Å². The molecule has 4 nitrogen and oxygen atoms in total. The highest BCUT2D eigenvalue weighted by Gasteiger charge is 2.08. The third-order valence-corrected chi connectivity index (χ3v) is 2.34. The van der Waals surface area contributed by atoms with Crippen molar-refractivity contribution >= 4 is 28.1 Å². The van der Waals surface area contributed by atoms with Crippen LogP contribution < -0.4 is 10.5 Å². The molecule has 0 heterocycles. The molecule has 1 rings (SSSR count). The van der Waals surface area contributed by atoms with E-state index in [1.807, 2.05) is 13.0 Å². The maximum Gasteiger partial charge on any atom is 0.229 e. The third kappa shape index (κ3) is 4.51. The summed E-state index contributed by atoms with van der Waals surface area (Å²) in [5.74, 6) is 0. The second-order valence-corrected chi connectivity index (χ2v) is 5.00. The van der Waals surface area contributed by atoms with E-state index in [9.17, 15) is 8.42 Å². The van der Waals surface area contributed by atoms with Gasteiger partial charge in [0, 0.05) is 6.04 Å². The van der Waals surface area contributed by atoms with Crippen LogP contribution in [0, 0.1) is 0 Å². The number of para-hydroxylation sites is 1. The molecule has 0 fully saturated rings. The van der Waals surface area contributed by atoms with E-state index in [0.717, 1.165) is 11.8 Å². The summed E-state index contributed by atoms with van der Waals surface area (Å²) in [5, 5.41) is 0. The maximum absolute atomic E-state index is 11.0. The van der Waals surface area contributed by atoms with Gasteiger partial charge in [0.1, 0.15) is 0 Å². The first-order valence-electron chi connectivity index (χ1n) is 4.22. The Bertz CT molecular complexity index is 418. The minimum absolute atomic E-state index is 0. The fraction of sp³-hybridized carbons (Fsp3) is 0.333. The number of sulfonamides is 1. The largest absolute Gasteiger partial charge is 0.324 e. The second-order valence-electron chi connectivity index (χ2n) is 3.25. The van der Waals surface area contributed by atoms with Gasteiger partial charge in [-0.3, -0.25) is 4.72 Å². The summed E-state index contributed by atoms with van der Waals surface area (Å²) in [6.07, 6.45) is 1.12. The van der Waals surface area contributed by atoms with E-state index in [0.29, 0.717) is 5.69 Å². The molecule has 86 valence electrons. The lowest BCUT2D eigenvalue weighted by Gasteiger charge is -2.12. The average Bonchev–Trinajstić information content (AvgIpc) is 2.01. The van der Waals surface area contributed by atoms with Gasteiger partial charge in [0.25, 0.3) is 0 Å². The molecule has 0 aromatic heterocycles. The maximum atomic E-state index is 11.0. The van der Waals surface area contributed by atoms with Gasteiger partial charge in [-0.15, -0.1) is 12.4 Å². The Kier molecular flexibility index (Phi) is 5.07. The van der Waals surface area contributed by atoms with Crippen LogP contribution in [0.25, 0.3) is 0 Å². The molecule has 0 saturated carbocycles. The van der Waals surface area contributed by atoms with Crippen LogP contribution >= 0.6 is 12.4 Å². The summed E-state index contributed by atoms with van der Waals surface area (Å²) in [6, 6.07) is 6.89. The van der Waals surface area contributed by atoms with Crippen LogP contribution in [0.3, 0.4) is 0 Å². The number of halogens is 1. The number of rotatable bonds is 3. The Balaban J connectivity index is 0.00000196. The van der Waals surface area contributed by atoms with Crippen molar-refractivity contribution in [1.82, 2.24) is 0 Å². The SMILES string of the molecule is CC(N)c1ccccc1NS(C)(=O)=O.Cl. The Morgan fingerprint density at radius 3 is 2.33 bits per heavy atom. The zero-order valence-electron chi connectivity index (χ0n) is 8.60. The van der Waals surface area contributed by atoms with Crippen molar-refractivity contribution in [3.63, 3.8) is 0 Å². The fourth-order valence-electron chi connectivity index (χ4n) is 1.19. The predicted octanol–water partition coefficient (Wildman–Crippen LogP) is 1.50. The zero-order valence-corrected chi connectivity index (χ0v) is 10.2. The highest BCUT2D eigenvalue weighted by molar-refractivity contribution is 7.92. The molecule has 0 amide bonds. The first-order chi connectivity index (χ1) is 6.40. The Labute approximate surface area is 96.3 Å². The molecule has 0 aliphatic rings. The topological polar surface area (TPSA) is 72.2 Å². The number of nitrogens with one attached hydrogen (secondary N) is 1. The molecule has 0 bridgehead atoms. The van der Waals surface area contributed by atoms with Crippen LogP contribution in [0.1, 0.15) is 18.5 Å². The van der Waals surface area contributed by atoms with Crippen molar-refractivity contribution in [3.8, 4) is 0 Å². The fourth-order valence-corrected chi connectivity index (χ4v) is 1.77. The van der Waals surface area contributed by atoms with Crippen LogP contribution in [-0.2, 0) is 10.0 Å². The lowest BCUT2D eigenvalue weighted by molar-refractivity contribution is 0.606. The van der Waals surface area contributed by atoms with E-state index in [-0.39, 0.29) is 18.4 Å². The molecule has 0 saturated heterocycles. The molecule has 1 unspecified atom stereocenters. The Hall–Kier alpha value is -0.780. The van der Waals surface area contributed by atoms with Crippen LogP contribution in [0.5, 0.6) is 0 Å². The first-order valence-corrected chi connectivity index (χ1v) is 6.11. The molecule has 1 aromatic rings. The molecule has 6 heteroatoms. The molecule has 1 aromatic carbocycles. The van der Waals surface area contributed by atoms with Gasteiger partial charge in [-0.05, 0) is 18.6 Å². The minimum Gasteiger partial charge on any atom is -0.324 e.